The Balaban J connectivity index is 4.39. The Morgan fingerprint density at radius 1 is 0.933 bits per heavy atom. The first kappa shape index (κ1) is 14.4. The molecule has 1 nitrogen and oxygen atoms in total. The molecule has 0 N–H and O–H groups in total. The molecule has 0 rings (SSSR count). The van der Waals surface area contributed by atoms with E-state index in [4.69, 9.17) is 0 Å². The van der Waals surface area contributed by atoms with Crippen LogP contribution in [0.1, 0.15) is 13.3 Å². The highest BCUT2D eigenvalue weighted by Crippen LogP contribution is 2.35. The van der Waals surface area contributed by atoms with Crippen LogP contribution in [0.25, 0.3) is 0 Å². The second-order valence-electron chi connectivity index (χ2n) is 2.73. The van der Waals surface area contributed by atoms with E-state index in [9.17, 15) is 35.1 Å². The van der Waals surface area contributed by atoms with Gasteiger partial charge >= 0.3 is 18.5 Å². The normalized spacial score (nSPS) is 16.6. The first-order valence-corrected chi connectivity index (χ1v) is 3.52. The van der Waals surface area contributed by atoms with E-state index in [0.717, 1.165) is 0 Å². The van der Waals surface area contributed by atoms with E-state index in [2.05, 4.69) is 4.74 Å². The van der Waals surface area contributed by atoms with Crippen molar-refractivity contribution in [2.45, 2.75) is 37.9 Å². The molecule has 9 heteroatoms. The molecule has 0 aliphatic rings. The van der Waals surface area contributed by atoms with Crippen molar-refractivity contribution in [3.63, 3.8) is 0 Å². The molecule has 0 saturated heterocycles. The maximum Gasteiger partial charge on any atom is 0.414 e. The van der Waals surface area contributed by atoms with Gasteiger partial charge in [0.1, 0.15) is 6.42 Å². The quantitative estimate of drug-likeness (QED) is 0.692. The summed E-state index contributed by atoms with van der Waals surface area (Å²) in [7, 11) is 0. The summed E-state index contributed by atoms with van der Waals surface area (Å²) in [5.74, 6) is 0. The van der Waals surface area contributed by atoms with Gasteiger partial charge in [-0.2, -0.15) is 35.1 Å². The minimum Gasteiger partial charge on any atom is -0.308 e. The Kier molecular flexibility index (Phi) is 3.94. The van der Waals surface area contributed by atoms with Crippen molar-refractivity contribution in [2.24, 2.45) is 0 Å². The highest BCUT2D eigenvalue weighted by atomic mass is 19.4. The molecule has 0 aromatic heterocycles. The van der Waals surface area contributed by atoms with E-state index in [0.29, 0.717) is 0 Å². The number of alkyl halides is 8. The Labute approximate surface area is 79.0 Å². The van der Waals surface area contributed by atoms with E-state index in [1.54, 1.807) is 0 Å². The zero-order valence-corrected chi connectivity index (χ0v) is 7.22. The maximum atomic E-state index is 12.3. The van der Waals surface area contributed by atoms with Crippen LogP contribution < -0.4 is 0 Å². The van der Waals surface area contributed by atoms with Gasteiger partial charge in [-0.05, 0) is 6.92 Å². The molecule has 1 atom stereocenters. The van der Waals surface area contributed by atoms with Crippen molar-refractivity contribution in [3.05, 3.63) is 0 Å². The number of hydrogen-bond acceptors (Lipinski definition) is 1. The van der Waals surface area contributed by atoms with Crippen molar-refractivity contribution >= 4 is 0 Å². The SMILES string of the molecule is CC(OC(F)(F)CC(F)(F)F)C(F)(F)F. The fourth-order valence-electron chi connectivity index (χ4n) is 0.600. The predicted molar refractivity (Wildman–Crippen MR) is 32.2 cm³/mol. The molecular weight excluding hydrogens is 240 g/mol. The second kappa shape index (κ2) is 4.11. The molecule has 0 fully saturated rings. The van der Waals surface area contributed by atoms with Gasteiger partial charge in [0.15, 0.2) is 6.10 Å². The van der Waals surface area contributed by atoms with Crippen molar-refractivity contribution in [3.8, 4) is 0 Å². The van der Waals surface area contributed by atoms with Crippen LogP contribution in [-0.4, -0.2) is 24.6 Å². The summed E-state index contributed by atoms with van der Waals surface area (Å²) >= 11 is 0. The van der Waals surface area contributed by atoms with E-state index < -0.39 is 31.0 Å². The molecule has 0 aromatic rings. The molecule has 1 unspecified atom stereocenters. The van der Waals surface area contributed by atoms with Gasteiger partial charge < -0.3 is 4.74 Å². The summed E-state index contributed by atoms with van der Waals surface area (Å²) < 4.78 is 96.9. The summed E-state index contributed by atoms with van der Waals surface area (Å²) in [5.41, 5.74) is 0. The number of rotatable bonds is 3. The van der Waals surface area contributed by atoms with Crippen LogP contribution in [0, 0.1) is 0 Å². The van der Waals surface area contributed by atoms with Crippen LogP contribution in [0.4, 0.5) is 35.1 Å². The lowest BCUT2D eigenvalue weighted by molar-refractivity contribution is -0.345. The third-order valence-electron chi connectivity index (χ3n) is 1.22. The lowest BCUT2D eigenvalue weighted by Gasteiger charge is -2.24. The Hall–Kier alpha value is -0.600. The van der Waals surface area contributed by atoms with Crippen molar-refractivity contribution < 1.29 is 39.9 Å². The van der Waals surface area contributed by atoms with Crippen LogP contribution in [0.2, 0.25) is 0 Å². The standard InChI is InChI=1S/C6H6F8O/c1-3(6(12,13)14)15-5(10,11)2-4(7,8)9/h3H,2H2,1H3. The van der Waals surface area contributed by atoms with E-state index in [-0.39, 0.29) is 6.92 Å². The third-order valence-corrected chi connectivity index (χ3v) is 1.22. The average molecular weight is 246 g/mol. The van der Waals surface area contributed by atoms with Gasteiger partial charge in [0.25, 0.3) is 0 Å². The van der Waals surface area contributed by atoms with Gasteiger partial charge in [-0.25, -0.2) is 0 Å². The lowest BCUT2D eigenvalue weighted by atomic mass is 10.3. The van der Waals surface area contributed by atoms with Crippen molar-refractivity contribution in [1.29, 1.82) is 0 Å². The third kappa shape index (κ3) is 6.47. The average Bonchev–Trinajstić information content (AvgIpc) is 1.76. The lowest BCUT2D eigenvalue weighted by Crippen LogP contribution is -2.38. The summed E-state index contributed by atoms with van der Waals surface area (Å²) in [5, 5.41) is 0. The van der Waals surface area contributed by atoms with Gasteiger partial charge in [0.2, 0.25) is 0 Å². The molecule has 0 radical (unpaired) electrons. The number of ether oxygens (including phenoxy) is 1. The smallest absolute Gasteiger partial charge is 0.308 e. The molecule has 0 aliphatic heterocycles. The second-order valence-corrected chi connectivity index (χ2v) is 2.73. The largest absolute Gasteiger partial charge is 0.414 e. The molecule has 92 valence electrons. The van der Waals surface area contributed by atoms with E-state index >= 15 is 0 Å². The zero-order chi connectivity index (χ0) is 12.5. The Morgan fingerprint density at radius 2 is 1.33 bits per heavy atom. The first-order chi connectivity index (χ1) is 6.33. The minimum atomic E-state index is -5.30. The molecule has 0 aromatic carbocycles. The number of halogens is 8. The maximum absolute atomic E-state index is 12.3. The molecular formula is C6H6F8O. The highest BCUT2D eigenvalue weighted by Gasteiger charge is 2.50. The van der Waals surface area contributed by atoms with Gasteiger partial charge in [-0.3, -0.25) is 0 Å². The van der Waals surface area contributed by atoms with Crippen LogP contribution in [0.3, 0.4) is 0 Å². The fraction of sp³-hybridized carbons (Fsp3) is 1.00. The fourth-order valence-corrected chi connectivity index (χ4v) is 0.600. The number of hydrogen-bond donors (Lipinski definition) is 0. The van der Waals surface area contributed by atoms with Crippen LogP contribution in [0.5, 0.6) is 0 Å². The highest BCUT2D eigenvalue weighted by molar-refractivity contribution is 4.67. The van der Waals surface area contributed by atoms with Crippen LogP contribution in [0.15, 0.2) is 0 Å². The zero-order valence-electron chi connectivity index (χ0n) is 7.22. The predicted octanol–water partition coefficient (Wildman–Crippen LogP) is 3.50. The van der Waals surface area contributed by atoms with Crippen LogP contribution >= 0.6 is 0 Å². The molecule has 0 amide bonds. The van der Waals surface area contributed by atoms with Crippen molar-refractivity contribution in [2.75, 3.05) is 0 Å². The molecule has 0 saturated carbocycles. The van der Waals surface area contributed by atoms with Crippen molar-refractivity contribution in [1.82, 2.24) is 0 Å². The summed E-state index contributed by atoms with van der Waals surface area (Å²) in [6, 6.07) is 0. The van der Waals surface area contributed by atoms with Gasteiger partial charge in [-0.1, -0.05) is 0 Å². The summed E-state index contributed by atoms with van der Waals surface area (Å²) in [4.78, 5) is 0. The Bertz CT molecular complexity index is 204. The van der Waals surface area contributed by atoms with Crippen LogP contribution in [-0.2, 0) is 4.74 Å². The topological polar surface area (TPSA) is 9.23 Å². The molecule has 0 spiro atoms. The summed E-state index contributed by atoms with van der Waals surface area (Å²) in [6.07, 6.45) is -21.0. The molecule has 0 aliphatic carbocycles. The first-order valence-electron chi connectivity index (χ1n) is 3.52. The molecule has 0 bridgehead atoms. The van der Waals surface area contributed by atoms with E-state index in [1.807, 2.05) is 0 Å². The van der Waals surface area contributed by atoms with E-state index in [1.165, 1.54) is 0 Å². The van der Waals surface area contributed by atoms with Gasteiger partial charge in [0, 0.05) is 0 Å². The Morgan fingerprint density at radius 3 is 1.60 bits per heavy atom. The minimum absolute atomic E-state index is 0.199. The van der Waals surface area contributed by atoms with Gasteiger partial charge in [0.05, 0.1) is 0 Å². The molecule has 15 heavy (non-hydrogen) atoms. The molecule has 0 heterocycles. The van der Waals surface area contributed by atoms with Gasteiger partial charge in [-0.15, -0.1) is 0 Å². The monoisotopic (exact) mass is 246 g/mol. The summed E-state index contributed by atoms with van der Waals surface area (Å²) in [6.45, 7) is 0.199.